The molecule has 37 heavy (non-hydrogen) atoms. The number of aliphatic carboxylic acids is 1. The van der Waals surface area contributed by atoms with Crippen LogP contribution in [0.15, 0.2) is 54.9 Å². The van der Waals surface area contributed by atoms with Crippen LogP contribution in [0.4, 0.5) is 0 Å². The average Bonchev–Trinajstić information content (AvgIpc) is 3.25. The Morgan fingerprint density at radius 2 is 1.89 bits per heavy atom. The molecule has 2 aromatic heterocycles. The van der Waals surface area contributed by atoms with Crippen LogP contribution < -0.4 is 5.32 Å². The number of aryl methyl sites for hydroxylation is 1. The lowest BCUT2D eigenvalue weighted by atomic mass is 9.97. The number of hydrogen-bond acceptors (Lipinski definition) is 4. The predicted molar refractivity (Wildman–Crippen MR) is 146 cm³/mol. The molecule has 1 amide bonds. The van der Waals surface area contributed by atoms with Gasteiger partial charge in [-0.15, -0.1) is 0 Å². The second kappa shape index (κ2) is 11.3. The van der Waals surface area contributed by atoms with Gasteiger partial charge in [-0.3, -0.25) is 19.3 Å². The Morgan fingerprint density at radius 1 is 1.11 bits per heavy atom. The number of carboxylic acid groups (broad SMARTS) is 1. The van der Waals surface area contributed by atoms with Gasteiger partial charge < -0.3 is 10.4 Å². The van der Waals surface area contributed by atoms with Gasteiger partial charge in [0, 0.05) is 39.9 Å². The Kier molecular flexibility index (Phi) is 8.15. The standard InChI is InChI=1S/C28H28Cl2N4O3/c1-16(2)10-25(19-11-17(3)27(32-14-19)28(37)31-9-8-26(35)36)34-15-20-12-18(4-7-24(20)33-34)22-6-5-21(29)13-23(22)30/h4-7,11-16,25H,8-10H2,1-3H3,(H,31,37)(H,35,36). The van der Waals surface area contributed by atoms with Crippen LogP contribution in [0, 0.1) is 12.8 Å². The molecule has 0 radical (unpaired) electrons. The van der Waals surface area contributed by atoms with Crippen LogP contribution in [-0.4, -0.2) is 38.3 Å². The number of hydrogen-bond donors (Lipinski definition) is 2. The molecule has 0 fully saturated rings. The predicted octanol–water partition coefficient (Wildman–Crippen LogP) is 6.55. The van der Waals surface area contributed by atoms with Crippen molar-refractivity contribution < 1.29 is 14.7 Å². The zero-order valence-electron chi connectivity index (χ0n) is 20.8. The van der Waals surface area contributed by atoms with Gasteiger partial charge in [-0.2, -0.15) is 5.10 Å². The van der Waals surface area contributed by atoms with Gasteiger partial charge in [0.1, 0.15) is 5.69 Å². The smallest absolute Gasteiger partial charge is 0.305 e. The number of nitrogens with zero attached hydrogens (tertiary/aromatic N) is 3. The highest BCUT2D eigenvalue weighted by Crippen LogP contribution is 2.33. The minimum atomic E-state index is -0.966. The number of fused-ring (bicyclic) bond motifs is 1. The summed E-state index contributed by atoms with van der Waals surface area (Å²) in [6, 6.07) is 13.4. The van der Waals surface area contributed by atoms with Gasteiger partial charge in [-0.25, -0.2) is 0 Å². The Morgan fingerprint density at radius 3 is 2.57 bits per heavy atom. The number of carboxylic acids is 1. The van der Waals surface area contributed by atoms with E-state index in [1.165, 1.54) is 0 Å². The Bertz CT molecular complexity index is 1470. The van der Waals surface area contributed by atoms with Crippen LogP contribution in [0.25, 0.3) is 22.0 Å². The van der Waals surface area contributed by atoms with Crippen molar-refractivity contribution in [3.05, 3.63) is 81.7 Å². The van der Waals surface area contributed by atoms with Gasteiger partial charge in [0.05, 0.1) is 18.0 Å². The Labute approximate surface area is 225 Å². The largest absolute Gasteiger partial charge is 0.481 e. The number of benzene rings is 2. The molecule has 2 N–H and O–H groups in total. The first-order chi connectivity index (χ1) is 17.6. The van der Waals surface area contributed by atoms with Crippen molar-refractivity contribution >= 4 is 46.0 Å². The van der Waals surface area contributed by atoms with E-state index in [-0.39, 0.29) is 30.6 Å². The lowest BCUT2D eigenvalue weighted by Crippen LogP contribution is -2.27. The molecule has 192 valence electrons. The van der Waals surface area contributed by atoms with Crippen LogP contribution >= 0.6 is 23.2 Å². The molecule has 0 aliphatic heterocycles. The van der Waals surface area contributed by atoms with E-state index >= 15 is 0 Å². The van der Waals surface area contributed by atoms with Crippen molar-refractivity contribution in [2.24, 2.45) is 5.92 Å². The maximum absolute atomic E-state index is 12.5. The molecule has 9 heteroatoms. The molecule has 4 rings (SSSR count). The second-order valence-corrected chi connectivity index (χ2v) is 10.3. The van der Waals surface area contributed by atoms with E-state index in [2.05, 4.69) is 30.2 Å². The number of carbonyl (C=O) groups excluding carboxylic acids is 1. The zero-order valence-corrected chi connectivity index (χ0v) is 22.3. The summed E-state index contributed by atoms with van der Waals surface area (Å²) in [5, 5.41) is 18.4. The highest BCUT2D eigenvalue weighted by Gasteiger charge is 2.21. The molecule has 1 atom stereocenters. The molecule has 2 heterocycles. The Balaban J connectivity index is 1.65. The maximum Gasteiger partial charge on any atom is 0.305 e. The van der Waals surface area contributed by atoms with E-state index in [1.807, 2.05) is 48.1 Å². The monoisotopic (exact) mass is 538 g/mol. The van der Waals surface area contributed by atoms with E-state index in [4.69, 9.17) is 33.4 Å². The normalized spacial score (nSPS) is 12.2. The minimum Gasteiger partial charge on any atom is -0.481 e. The number of pyridine rings is 1. The molecule has 0 aliphatic rings. The van der Waals surface area contributed by atoms with Crippen LogP contribution in [-0.2, 0) is 4.79 Å². The molecular weight excluding hydrogens is 511 g/mol. The topological polar surface area (TPSA) is 97.1 Å². The summed E-state index contributed by atoms with van der Waals surface area (Å²) in [5.74, 6) is -0.962. The number of halogens is 2. The van der Waals surface area contributed by atoms with Crippen molar-refractivity contribution in [1.82, 2.24) is 20.1 Å². The van der Waals surface area contributed by atoms with Gasteiger partial charge in [0.15, 0.2) is 0 Å². The average molecular weight is 539 g/mol. The summed E-state index contributed by atoms with van der Waals surface area (Å²) in [4.78, 5) is 27.6. The highest BCUT2D eigenvalue weighted by atomic mass is 35.5. The molecule has 7 nitrogen and oxygen atoms in total. The van der Waals surface area contributed by atoms with Gasteiger partial charge in [0.2, 0.25) is 0 Å². The number of amides is 1. The van der Waals surface area contributed by atoms with E-state index < -0.39 is 5.97 Å². The molecule has 0 saturated carbocycles. The molecule has 2 aromatic carbocycles. The fourth-order valence-electron chi connectivity index (χ4n) is 4.32. The Hall–Kier alpha value is -3.42. The quantitative estimate of drug-likeness (QED) is 0.251. The van der Waals surface area contributed by atoms with Crippen molar-refractivity contribution in [3.8, 4) is 11.1 Å². The lowest BCUT2D eigenvalue weighted by Gasteiger charge is -2.21. The third-order valence-electron chi connectivity index (χ3n) is 6.10. The molecule has 1 unspecified atom stereocenters. The third kappa shape index (κ3) is 6.29. The summed E-state index contributed by atoms with van der Waals surface area (Å²) in [6.07, 6.45) is 4.42. The summed E-state index contributed by atoms with van der Waals surface area (Å²) >= 11 is 12.5. The van der Waals surface area contributed by atoms with Crippen molar-refractivity contribution in [2.45, 2.75) is 39.7 Å². The van der Waals surface area contributed by atoms with Gasteiger partial charge >= 0.3 is 5.97 Å². The fraction of sp³-hybridized carbons (Fsp3) is 0.286. The van der Waals surface area contributed by atoms with Gasteiger partial charge in [0.25, 0.3) is 5.91 Å². The van der Waals surface area contributed by atoms with E-state index in [9.17, 15) is 9.59 Å². The number of rotatable bonds is 9. The number of carbonyl (C=O) groups is 2. The first kappa shape index (κ1) is 26.6. The summed E-state index contributed by atoms with van der Waals surface area (Å²) in [5.41, 5.74) is 4.69. The maximum atomic E-state index is 12.5. The van der Waals surface area contributed by atoms with Crippen molar-refractivity contribution in [3.63, 3.8) is 0 Å². The third-order valence-corrected chi connectivity index (χ3v) is 6.65. The molecule has 0 aliphatic carbocycles. The molecular formula is C28H28Cl2N4O3. The zero-order chi connectivity index (χ0) is 26.7. The van der Waals surface area contributed by atoms with E-state index in [0.29, 0.717) is 16.0 Å². The fourth-order valence-corrected chi connectivity index (χ4v) is 4.84. The summed E-state index contributed by atoms with van der Waals surface area (Å²) in [7, 11) is 0. The van der Waals surface area contributed by atoms with Crippen LogP contribution in [0.3, 0.4) is 0 Å². The molecule has 0 saturated heterocycles. The minimum absolute atomic E-state index is 0.0517. The van der Waals surface area contributed by atoms with E-state index in [1.54, 1.807) is 12.3 Å². The summed E-state index contributed by atoms with van der Waals surface area (Å²) < 4.78 is 1.96. The first-order valence-corrected chi connectivity index (χ1v) is 12.8. The second-order valence-electron chi connectivity index (χ2n) is 9.49. The number of aromatic nitrogens is 3. The first-order valence-electron chi connectivity index (χ1n) is 12.0. The van der Waals surface area contributed by atoms with E-state index in [0.717, 1.165) is 39.6 Å². The van der Waals surface area contributed by atoms with Gasteiger partial charge in [-0.1, -0.05) is 55.2 Å². The van der Waals surface area contributed by atoms with Crippen LogP contribution in [0.2, 0.25) is 10.0 Å². The molecule has 4 aromatic rings. The van der Waals surface area contributed by atoms with Crippen molar-refractivity contribution in [1.29, 1.82) is 0 Å². The van der Waals surface area contributed by atoms with Gasteiger partial charge in [-0.05, 0) is 60.2 Å². The lowest BCUT2D eigenvalue weighted by molar-refractivity contribution is -0.136. The highest BCUT2D eigenvalue weighted by molar-refractivity contribution is 6.36. The molecule has 0 spiro atoms. The van der Waals surface area contributed by atoms with Crippen LogP contribution in [0.1, 0.15) is 54.3 Å². The summed E-state index contributed by atoms with van der Waals surface area (Å²) in [6.45, 7) is 6.19. The van der Waals surface area contributed by atoms with Crippen molar-refractivity contribution in [2.75, 3.05) is 6.54 Å². The SMILES string of the molecule is Cc1cc(C(CC(C)C)n2cc3cc(-c4ccc(Cl)cc4Cl)ccc3n2)cnc1C(=O)NCCC(=O)O. The van der Waals surface area contributed by atoms with Crippen LogP contribution in [0.5, 0.6) is 0 Å². The number of nitrogens with one attached hydrogen (secondary N) is 1. The molecule has 0 bridgehead atoms.